The normalized spacial score (nSPS) is 10.7. The van der Waals surface area contributed by atoms with E-state index in [1.165, 1.54) is 22.3 Å². The Labute approximate surface area is 168 Å². The van der Waals surface area contributed by atoms with E-state index in [0.29, 0.717) is 0 Å². The van der Waals surface area contributed by atoms with E-state index in [4.69, 9.17) is 0 Å². The highest BCUT2D eigenvalue weighted by atomic mass is 79.9. The lowest BCUT2D eigenvalue weighted by molar-refractivity contribution is 1.33. The molecule has 0 bridgehead atoms. The van der Waals surface area contributed by atoms with Crippen LogP contribution >= 0.6 is 15.9 Å². The lowest BCUT2D eigenvalue weighted by atomic mass is 9.88. The molecule has 0 aromatic heterocycles. The Balaban J connectivity index is 1.95. The molecule has 0 N–H and O–H groups in total. The summed E-state index contributed by atoms with van der Waals surface area (Å²) in [4.78, 5) is 0. The first kappa shape index (κ1) is 17.5. The van der Waals surface area contributed by atoms with Gasteiger partial charge in [0.1, 0.15) is 6.07 Å². The zero-order valence-corrected chi connectivity index (χ0v) is 16.8. The third-order valence-corrected chi connectivity index (χ3v) is 5.97. The Morgan fingerprint density at radius 1 is 0.667 bits per heavy atom. The standard InChI is InChI=1S/C25H18BrN/c1-16-17(2)20(23-9-5-6-10-25(23)26)14-13-19(16)22-12-11-18-7-3-4-8-21(18)24(22)15-27/h3-14H,1-2H3. The van der Waals surface area contributed by atoms with Gasteiger partial charge in [-0.25, -0.2) is 0 Å². The van der Waals surface area contributed by atoms with Gasteiger partial charge in [-0.3, -0.25) is 0 Å². The number of halogens is 1. The van der Waals surface area contributed by atoms with Crippen LogP contribution in [0, 0.1) is 25.2 Å². The highest BCUT2D eigenvalue weighted by Gasteiger charge is 2.15. The maximum Gasteiger partial charge on any atom is 0.100 e. The van der Waals surface area contributed by atoms with Gasteiger partial charge in [0.05, 0.1) is 5.56 Å². The average molecular weight is 412 g/mol. The highest BCUT2D eigenvalue weighted by molar-refractivity contribution is 9.10. The molecule has 0 heterocycles. The SMILES string of the molecule is Cc1c(-c2ccccc2Br)ccc(-c2ccc3ccccc3c2C#N)c1C. The van der Waals surface area contributed by atoms with E-state index in [9.17, 15) is 5.26 Å². The summed E-state index contributed by atoms with van der Waals surface area (Å²) in [5.74, 6) is 0. The molecule has 0 amide bonds. The molecule has 2 heteroatoms. The topological polar surface area (TPSA) is 23.8 Å². The Morgan fingerprint density at radius 3 is 1.96 bits per heavy atom. The van der Waals surface area contributed by atoms with Gasteiger partial charge in [-0.2, -0.15) is 5.26 Å². The summed E-state index contributed by atoms with van der Waals surface area (Å²) in [5, 5.41) is 11.9. The largest absolute Gasteiger partial charge is 0.192 e. The van der Waals surface area contributed by atoms with Crippen molar-refractivity contribution in [3.63, 3.8) is 0 Å². The second-order valence-corrected chi connectivity index (χ2v) is 7.57. The molecule has 0 unspecified atom stereocenters. The van der Waals surface area contributed by atoms with Gasteiger partial charge in [0.15, 0.2) is 0 Å². The maximum absolute atomic E-state index is 9.85. The Kier molecular flexibility index (Phi) is 4.56. The molecule has 1 nitrogen and oxygen atoms in total. The molecule has 0 atom stereocenters. The molecule has 0 fully saturated rings. The van der Waals surface area contributed by atoms with Gasteiger partial charge in [0.2, 0.25) is 0 Å². The van der Waals surface area contributed by atoms with Crippen LogP contribution in [0.5, 0.6) is 0 Å². The summed E-state index contributed by atoms with van der Waals surface area (Å²) in [6.07, 6.45) is 0. The Morgan fingerprint density at radius 2 is 1.26 bits per heavy atom. The average Bonchev–Trinajstić information content (AvgIpc) is 2.70. The summed E-state index contributed by atoms with van der Waals surface area (Å²) >= 11 is 3.66. The first-order chi connectivity index (χ1) is 13.1. The van der Waals surface area contributed by atoms with Crippen molar-refractivity contribution in [3.05, 3.63) is 94.0 Å². The minimum absolute atomic E-state index is 0.740. The van der Waals surface area contributed by atoms with Gasteiger partial charge in [-0.15, -0.1) is 0 Å². The van der Waals surface area contributed by atoms with Crippen LogP contribution in [0.2, 0.25) is 0 Å². The molecular weight excluding hydrogens is 394 g/mol. The second kappa shape index (κ2) is 7.02. The fraction of sp³-hybridized carbons (Fsp3) is 0.0800. The predicted octanol–water partition coefficient (Wildman–Crippen LogP) is 7.42. The molecule has 0 saturated carbocycles. The smallest absolute Gasteiger partial charge is 0.100 e. The molecule has 0 aliphatic heterocycles. The van der Waals surface area contributed by atoms with Crippen molar-refractivity contribution in [1.29, 1.82) is 5.26 Å². The third-order valence-electron chi connectivity index (χ3n) is 5.28. The molecule has 0 aliphatic rings. The first-order valence-corrected chi connectivity index (χ1v) is 9.68. The van der Waals surface area contributed by atoms with Gasteiger partial charge in [0, 0.05) is 15.4 Å². The van der Waals surface area contributed by atoms with Crippen molar-refractivity contribution in [3.8, 4) is 28.3 Å². The molecule has 0 saturated heterocycles. The number of rotatable bonds is 2. The lowest BCUT2D eigenvalue weighted by Gasteiger charge is -2.16. The highest BCUT2D eigenvalue weighted by Crippen LogP contribution is 2.38. The first-order valence-electron chi connectivity index (χ1n) is 8.89. The van der Waals surface area contributed by atoms with Gasteiger partial charge in [-0.05, 0) is 53.1 Å². The van der Waals surface area contributed by atoms with Crippen LogP contribution < -0.4 is 0 Å². The summed E-state index contributed by atoms with van der Waals surface area (Å²) in [5.41, 5.74) is 7.68. The maximum atomic E-state index is 9.85. The van der Waals surface area contributed by atoms with E-state index >= 15 is 0 Å². The fourth-order valence-corrected chi connectivity index (χ4v) is 4.20. The molecule has 0 radical (unpaired) electrons. The number of hydrogen-bond donors (Lipinski definition) is 0. The number of nitrogens with zero attached hydrogens (tertiary/aromatic N) is 1. The molecule has 27 heavy (non-hydrogen) atoms. The minimum Gasteiger partial charge on any atom is -0.192 e. The second-order valence-electron chi connectivity index (χ2n) is 6.71. The Hall–Kier alpha value is -2.89. The van der Waals surface area contributed by atoms with Crippen LogP contribution in [0.1, 0.15) is 16.7 Å². The monoisotopic (exact) mass is 411 g/mol. The number of fused-ring (bicyclic) bond motifs is 1. The molecule has 0 spiro atoms. The summed E-state index contributed by atoms with van der Waals surface area (Å²) in [6.45, 7) is 4.29. The zero-order chi connectivity index (χ0) is 19.0. The van der Waals surface area contributed by atoms with Crippen LogP contribution in [0.3, 0.4) is 0 Å². The zero-order valence-electron chi connectivity index (χ0n) is 15.3. The predicted molar refractivity (Wildman–Crippen MR) is 117 cm³/mol. The van der Waals surface area contributed by atoms with Crippen molar-refractivity contribution in [2.45, 2.75) is 13.8 Å². The quantitative estimate of drug-likeness (QED) is 0.336. The lowest BCUT2D eigenvalue weighted by Crippen LogP contribution is -1.95. The molecule has 4 aromatic rings. The van der Waals surface area contributed by atoms with Crippen molar-refractivity contribution >= 4 is 26.7 Å². The fourth-order valence-electron chi connectivity index (χ4n) is 3.70. The van der Waals surface area contributed by atoms with Gasteiger partial charge in [-0.1, -0.05) is 82.7 Å². The van der Waals surface area contributed by atoms with Gasteiger partial charge < -0.3 is 0 Å². The summed E-state index contributed by atoms with van der Waals surface area (Å²) in [7, 11) is 0. The van der Waals surface area contributed by atoms with Crippen molar-refractivity contribution < 1.29 is 0 Å². The van der Waals surface area contributed by atoms with Gasteiger partial charge >= 0.3 is 0 Å². The van der Waals surface area contributed by atoms with E-state index in [0.717, 1.165) is 31.9 Å². The van der Waals surface area contributed by atoms with Crippen molar-refractivity contribution in [1.82, 2.24) is 0 Å². The van der Waals surface area contributed by atoms with Crippen LogP contribution in [0.4, 0.5) is 0 Å². The van der Waals surface area contributed by atoms with E-state index < -0.39 is 0 Å². The van der Waals surface area contributed by atoms with Crippen molar-refractivity contribution in [2.75, 3.05) is 0 Å². The molecule has 4 aromatic carbocycles. The number of hydrogen-bond acceptors (Lipinski definition) is 1. The van der Waals surface area contributed by atoms with E-state index in [1.807, 2.05) is 30.3 Å². The van der Waals surface area contributed by atoms with E-state index in [2.05, 4.69) is 78.3 Å². The minimum atomic E-state index is 0.740. The van der Waals surface area contributed by atoms with Crippen LogP contribution in [0.25, 0.3) is 33.0 Å². The van der Waals surface area contributed by atoms with Gasteiger partial charge in [0.25, 0.3) is 0 Å². The van der Waals surface area contributed by atoms with Crippen LogP contribution in [-0.2, 0) is 0 Å². The van der Waals surface area contributed by atoms with Crippen LogP contribution in [0.15, 0.2) is 77.3 Å². The Bertz CT molecular complexity index is 1210. The van der Waals surface area contributed by atoms with Crippen LogP contribution in [-0.4, -0.2) is 0 Å². The number of nitriles is 1. The third kappa shape index (κ3) is 2.95. The molecule has 4 rings (SSSR count). The molecule has 0 aliphatic carbocycles. The van der Waals surface area contributed by atoms with E-state index in [1.54, 1.807) is 0 Å². The summed E-state index contributed by atoms with van der Waals surface area (Å²) < 4.78 is 1.09. The van der Waals surface area contributed by atoms with E-state index in [-0.39, 0.29) is 0 Å². The van der Waals surface area contributed by atoms with Crippen molar-refractivity contribution in [2.24, 2.45) is 0 Å². The number of benzene rings is 4. The molecule has 130 valence electrons. The summed E-state index contributed by atoms with van der Waals surface area (Å²) in [6, 6.07) is 27.2. The molecular formula is C25H18BrN.